The van der Waals surface area contributed by atoms with Crippen molar-refractivity contribution in [3.8, 4) is 11.1 Å². The quantitative estimate of drug-likeness (QED) is 0.656. The fraction of sp³-hybridized carbons (Fsp3) is 0.400. The molecule has 1 aliphatic carbocycles. The molecule has 1 heterocycles. The number of hydrogen-bond donors (Lipinski definition) is 2. The summed E-state index contributed by atoms with van der Waals surface area (Å²) in [6, 6.07) is 11.2. The number of piperidine rings is 1. The summed E-state index contributed by atoms with van der Waals surface area (Å²) in [6.07, 6.45) is -5.94. The summed E-state index contributed by atoms with van der Waals surface area (Å²) in [5.41, 5.74) is 3.72. The van der Waals surface area contributed by atoms with Crippen molar-refractivity contribution in [2.24, 2.45) is 5.92 Å². The molecular formula is C25H25F3N2O5. The van der Waals surface area contributed by atoms with E-state index in [9.17, 15) is 32.7 Å². The van der Waals surface area contributed by atoms with Crippen molar-refractivity contribution in [2.45, 2.75) is 43.9 Å². The van der Waals surface area contributed by atoms with Crippen LogP contribution >= 0.6 is 0 Å². The van der Waals surface area contributed by atoms with Crippen molar-refractivity contribution in [1.82, 2.24) is 10.2 Å². The van der Waals surface area contributed by atoms with E-state index in [0.29, 0.717) is 0 Å². The maximum Gasteiger partial charge on any atom is 0.417 e. The van der Waals surface area contributed by atoms with Crippen molar-refractivity contribution in [3.05, 3.63) is 59.7 Å². The van der Waals surface area contributed by atoms with Crippen LogP contribution in [0.15, 0.2) is 48.5 Å². The van der Waals surface area contributed by atoms with Gasteiger partial charge < -0.3 is 20.1 Å². The van der Waals surface area contributed by atoms with E-state index in [0.717, 1.165) is 27.2 Å². The maximum absolute atomic E-state index is 13.8. The molecule has 0 spiro atoms. The van der Waals surface area contributed by atoms with E-state index in [1.165, 1.54) is 6.92 Å². The van der Waals surface area contributed by atoms with Gasteiger partial charge in [0.25, 0.3) is 5.91 Å². The Kier molecular flexibility index (Phi) is 6.73. The van der Waals surface area contributed by atoms with Crippen LogP contribution in [-0.4, -0.2) is 59.4 Å². The first-order valence-electron chi connectivity index (χ1n) is 11.3. The van der Waals surface area contributed by atoms with E-state index < -0.39 is 42.1 Å². The van der Waals surface area contributed by atoms with Crippen LogP contribution in [0.2, 0.25) is 0 Å². The zero-order valence-corrected chi connectivity index (χ0v) is 18.9. The molecule has 0 bridgehead atoms. The van der Waals surface area contributed by atoms with Crippen LogP contribution in [0.1, 0.15) is 36.8 Å². The smallest absolute Gasteiger partial charge is 0.417 e. The number of alkyl carbamates (subject to hydrolysis) is 1. The second-order valence-electron chi connectivity index (χ2n) is 8.80. The number of aliphatic carboxylic acids is 1. The normalized spacial score (nSPS) is 20.5. The van der Waals surface area contributed by atoms with Gasteiger partial charge in [-0.2, -0.15) is 13.2 Å². The summed E-state index contributed by atoms with van der Waals surface area (Å²) >= 11 is 0. The van der Waals surface area contributed by atoms with Gasteiger partial charge in [-0.05, 0) is 42.0 Å². The number of benzene rings is 2. The predicted octanol–water partition coefficient (Wildman–Crippen LogP) is 4.17. The lowest BCUT2D eigenvalue weighted by atomic mass is 9.90. The molecule has 4 rings (SSSR count). The number of nitrogens with zero attached hydrogens (tertiary/aromatic N) is 1. The second kappa shape index (κ2) is 9.59. The number of carbonyl (C=O) groups excluding carboxylic acids is 2. The Morgan fingerprint density at radius 2 is 1.66 bits per heavy atom. The van der Waals surface area contributed by atoms with Gasteiger partial charge in [0.15, 0.2) is 0 Å². The van der Waals surface area contributed by atoms with Crippen molar-refractivity contribution < 1.29 is 37.4 Å². The van der Waals surface area contributed by atoms with Crippen LogP contribution in [0.3, 0.4) is 0 Å². The fourth-order valence-electron chi connectivity index (χ4n) is 4.99. The van der Waals surface area contributed by atoms with Crippen LogP contribution < -0.4 is 5.32 Å². The van der Waals surface area contributed by atoms with Gasteiger partial charge in [-0.1, -0.05) is 48.5 Å². The minimum absolute atomic E-state index is 0.0251. The SMILES string of the molecule is CC1C(C(=O)O)CCCN1C(=O)C(NC(=O)OCC1c2ccccc2-c2ccccc21)C(F)(F)F. The molecule has 2 amide bonds. The van der Waals surface area contributed by atoms with Gasteiger partial charge in [0.1, 0.15) is 6.61 Å². The minimum Gasteiger partial charge on any atom is -0.481 e. The van der Waals surface area contributed by atoms with Crippen LogP contribution in [-0.2, 0) is 14.3 Å². The predicted molar refractivity (Wildman–Crippen MR) is 120 cm³/mol. The van der Waals surface area contributed by atoms with Gasteiger partial charge in [0.05, 0.1) is 5.92 Å². The molecule has 1 saturated heterocycles. The summed E-state index contributed by atoms with van der Waals surface area (Å²) in [5, 5.41) is 11.0. The number of rotatable bonds is 5. The van der Waals surface area contributed by atoms with Crippen molar-refractivity contribution in [2.75, 3.05) is 13.2 Å². The van der Waals surface area contributed by atoms with Crippen LogP contribution in [0.4, 0.5) is 18.0 Å². The molecule has 3 unspecified atom stereocenters. The molecule has 35 heavy (non-hydrogen) atoms. The Hall–Kier alpha value is -3.56. The lowest BCUT2D eigenvalue weighted by molar-refractivity contribution is -0.178. The van der Waals surface area contributed by atoms with Crippen LogP contribution in [0.5, 0.6) is 0 Å². The largest absolute Gasteiger partial charge is 0.481 e. The van der Waals surface area contributed by atoms with Gasteiger partial charge in [-0.15, -0.1) is 0 Å². The Morgan fingerprint density at radius 3 is 2.20 bits per heavy atom. The lowest BCUT2D eigenvalue weighted by Gasteiger charge is -2.39. The number of hydrogen-bond acceptors (Lipinski definition) is 4. The van der Waals surface area contributed by atoms with E-state index in [1.54, 1.807) is 5.32 Å². The van der Waals surface area contributed by atoms with Crippen molar-refractivity contribution >= 4 is 18.0 Å². The Labute approximate surface area is 199 Å². The molecular weight excluding hydrogens is 465 g/mol. The molecule has 2 aliphatic rings. The molecule has 2 aromatic carbocycles. The molecule has 0 radical (unpaired) electrons. The van der Waals surface area contributed by atoms with Gasteiger partial charge in [-0.25, -0.2) is 4.79 Å². The number of amides is 2. The lowest BCUT2D eigenvalue weighted by Crippen LogP contribution is -2.60. The summed E-state index contributed by atoms with van der Waals surface area (Å²) in [4.78, 5) is 37.5. The Bertz CT molecular complexity index is 1090. The fourth-order valence-corrected chi connectivity index (χ4v) is 4.99. The zero-order valence-electron chi connectivity index (χ0n) is 18.9. The highest BCUT2D eigenvalue weighted by molar-refractivity contribution is 5.87. The first-order chi connectivity index (χ1) is 16.6. The average Bonchev–Trinajstić information content (AvgIpc) is 3.14. The second-order valence-corrected chi connectivity index (χ2v) is 8.80. The zero-order chi connectivity index (χ0) is 25.3. The number of halogens is 3. The number of carboxylic acid groups (broad SMARTS) is 1. The Morgan fingerprint density at radius 1 is 1.09 bits per heavy atom. The molecule has 3 atom stereocenters. The molecule has 0 aromatic heterocycles. The molecule has 2 aromatic rings. The summed E-state index contributed by atoms with van der Waals surface area (Å²) < 4.78 is 46.5. The Balaban J connectivity index is 1.47. The van der Waals surface area contributed by atoms with E-state index in [-0.39, 0.29) is 31.9 Å². The highest BCUT2D eigenvalue weighted by Gasteiger charge is 2.50. The molecule has 7 nitrogen and oxygen atoms in total. The minimum atomic E-state index is -5.08. The van der Waals surface area contributed by atoms with Gasteiger partial charge in [-0.3, -0.25) is 9.59 Å². The molecule has 0 saturated carbocycles. The van der Waals surface area contributed by atoms with Crippen LogP contribution in [0, 0.1) is 5.92 Å². The number of fused-ring (bicyclic) bond motifs is 3. The summed E-state index contributed by atoms with van der Waals surface area (Å²) in [7, 11) is 0. The van der Waals surface area contributed by atoms with E-state index in [1.807, 2.05) is 48.5 Å². The number of carbonyl (C=O) groups is 3. The first kappa shape index (κ1) is 24.6. The molecule has 1 aliphatic heterocycles. The standard InChI is InChI=1S/C25H25F3N2O5/c1-14-15(23(32)33)11-6-12-30(14)22(31)21(25(26,27)28)29-24(34)35-13-20-18-9-4-2-7-16(18)17-8-3-5-10-19(17)20/h2-5,7-10,14-15,20-21H,6,11-13H2,1H3,(H,29,34)(H,32,33). The number of likely N-dealkylation sites (tertiary alicyclic amines) is 1. The number of nitrogens with one attached hydrogen (secondary N) is 1. The molecule has 186 valence electrons. The number of ether oxygens (including phenoxy) is 1. The third-order valence-electron chi connectivity index (χ3n) is 6.77. The highest BCUT2D eigenvalue weighted by Crippen LogP contribution is 2.44. The molecule has 1 fully saturated rings. The number of carboxylic acids is 1. The van der Waals surface area contributed by atoms with Crippen LogP contribution in [0.25, 0.3) is 11.1 Å². The third-order valence-corrected chi connectivity index (χ3v) is 6.77. The molecule has 2 N–H and O–H groups in total. The van der Waals surface area contributed by atoms with Gasteiger partial charge in [0.2, 0.25) is 6.04 Å². The van der Waals surface area contributed by atoms with Gasteiger partial charge in [0, 0.05) is 18.5 Å². The number of alkyl halides is 3. The average molecular weight is 490 g/mol. The topological polar surface area (TPSA) is 95.9 Å². The van der Waals surface area contributed by atoms with Gasteiger partial charge >= 0.3 is 18.2 Å². The van der Waals surface area contributed by atoms with Crippen molar-refractivity contribution in [3.63, 3.8) is 0 Å². The maximum atomic E-state index is 13.8. The molecule has 10 heteroatoms. The van der Waals surface area contributed by atoms with Crippen molar-refractivity contribution in [1.29, 1.82) is 0 Å². The van der Waals surface area contributed by atoms with E-state index >= 15 is 0 Å². The highest BCUT2D eigenvalue weighted by atomic mass is 19.4. The van der Waals surface area contributed by atoms with E-state index in [2.05, 4.69) is 0 Å². The van der Waals surface area contributed by atoms with E-state index in [4.69, 9.17) is 4.74 Å². The summed E-state index contributed by atoms with van der Waals surface area (Å²) in [6.45, 7) is 1.17. The summed E-state index contributed by atoms with van der Waals surface area (Å²) in [5.74, 6) is -3.91. The monoisotopic (exact) mass is 490 g/mol. The first-order valence-corrected chi connectivity index (χ1v) is 11.3. The third kappa shape index (κ3) is 4.82.